The van der Waals surface area contributed by atoms with Gasteiger partial charge in [0.2, 0.25) is 0 Å². The van der Waals surface area contributed by atoms with E-state index in [0.29, 0.717) is 22.6 Å². The Kier molecular flexibility index (Phi) is 3.17. The van der Waals surface area contributed by atoms with Crippen LogP contribution < -0.4 is 0 Å². The molecule has 0 bridgehead atoms. The minimum Gasteiger partial charge on any atom is -0.461 e. The molecular formula is C13H11F3O2. The third-order valence-corrected chi connectivity index (χ3v) is 2.69. The second-order valence-electron chi connectivity index (χ2n) is 3.93. The van der Waals surface area contributed by atoms with Crippen molar-refractivity contribution in [3.8, 4) is 11.3 Å². The lowest BCUT2D eigenvalue weighted by Crippen LogP contribution is -2.03. The number of benzene rings is 1. The highest BCUT2D eigenvalue weighted by atomic mass is 19.4. The minimum atomic E-state index is -4.34. The summed E-state index contributed by atoms with van der Waals surface area (Å²) in [5.41, 5.74) is 0.479. The van der Waals surface area contributed by atoms with Crippen LogP contribution in [0.25, 0.3) is 11.3 Å². The monoisotopic (exact) mass is 256 g/mol. The van der Waals surface area contributed by atoms with Gasteiger partial charge < -0.3 is 9.52 Å². The van der Waals surface area contributed by atoms with Crippen LogP contribution in [0, 0.1) is 6.92 Å². The smallest absolute Gasteiger partial charge is 0.416 e. The third-order valence-electron chi connectivity index (χ3n) is 2.69. The van der Waals surface area contributed by atoms with Crippen LogP contribution in [-0.2, 0) is 12.8 Å². The van der Waals surface area contributed by atoms with Gasteiger partial charge in [-0.15, -0.1) is 0 Å². The van der Waals surface area contributed by atoms with Crippen molar-refractivity contribution >= 4 is 0 Å². The largest absolute Gasteiger partial charge is 0.461 e. The summed E-state index contributed by atoms with van der Waals surface area (Å²) in [6.45, 7) is 1.54. The molecular weight excluding hydrogens is 245 g/mol. The Morgan fingerprint density at radius 2 is 1.78 bits per heavy atom. The maximum absolute atomic E-state index is 12.4. The second kappa shape index (κ2) is 4.49. The second-order valence-corrected chi connectivity index (χ2v) is 3.93. The molecule has 2 rings (SSSR count). The summed E-state index contributed by atoms with van der Waals surface area (Å²) in [7, 11) is 0. The molecule has 1 aromatic heterocycles. The Balaban J connectivity index is 2.34. The van der Waals surface area contributed by atoms with Gasteiger partial charge in [-0.25, -0.2) is 0 Å². The number of hydrogen-bond acceptors (Lipinski definition) is 2. The van der Waals surface area contributed by atoms with E-state index in [-0.39, 0.29) is 6.61 Å². The van der Waals surface area contributed by atoms with Crippen molar-refractivity contribution in [2.75, 3.05) is 0 Å². The maximum Gasteiger partial charge on any atom is 0.416 e. The van der Waals surface area contributed by atoms with Crippen LogP contribution in [0.4, 0.5) is 13.2 Å². The molecule has 2 aromatic rings. The van der Waals surface area contributed by atoms with E-state index in [1.807, 2.05) is 0 Å². The molecule has 1 heterocycles. The number of aryl methyl sites for hydroxylation is 1. The van der Waals surface area contributed by atoms with E-state index in [9.17, 15) is 13.2 Å². The lowest BCUT2D eigenvalue weighted by molar-refractivity contribution is -0.137. The number of halogens is 3. The number of hydrogen-bond donors (Lipinski definition) is 1. The zero-order chi connectivity index (χ0) is 13.3. The minimum absolute atomic E-state index is 0.157. The molecule has 0 amide bonds. The summed E-state index contributed by atoms with van der Waals surface area (Å²) in [5, 5.41) is 9.02. The van der Waals surface area contributed by atoms with E-state index in [2.05, 4.69) is 0 Å². The Morgan fingerprint density at radius 1 is 1.17 bits per heavy atom. The van der Waals surface area contributed by atoms with Gasteiger partial charge in [-0.2, -0.15) is 13.2 Å². The van der Waals surface area contributed by atoms with Gasteiger partial charge in [0, 0.05) is 11.1 Å². The van der Waals surface area contributed by atoms with E-state index >= 15 is 0 Å². The van der Waals surface area contributed by atoms with Gasteiger partial charge in [-0.1, -0.05) is 12.1 Å². The number of aliphatic hydroxyl groups excluding tert-OH is 1. The van der Waals surface area contributed by atoms with E-state index in [1.54, 1.807) is 13.0 Å². The van der Waals surface area contributed by atoms with E-state index in [4.69, 9.17) is 9.52 Å². The molecule has 2 nitrogen and oxygen atoms in total. The molecule has 0 radical (unpaired) electrons. The zero-order valence-corrected chi connectivity index (χ0v) is 9.58. The lowest BCUT2D eigenvalue weighted by Gasteiger charge is -2.06. The molecule has 0 aliphatic heterocycles. The maximum atomic E-state index is 12.4. The van der Waals surface area contributed by atoms with Gasteiger partial charge in [-0.3, -0.25) is 0 Å². The van der Waals surface area contributed by atoms with Crippen LogP contribution in [0.5, 0.6) is 0 Å². The fraction of sp³-hybridized carbons (Fsp3) is 0.231. The molecule has 0 spiro atoms. The van der Waals surface area contributed by atoms with Gasteiger partial charge in [0.1, 0.15) is 11.5 Å². The predicted molar refractivity (Wildman–Crippen MR) is 59.8 cm³/mol. The highest BCUT2D eigenvalue weighted by Gasteiger charge is 2.30. The van der Waals surface area contributed by atoms with E-state index < -0.39 is 11.7 Å². The number of rotatable bonds is 2. The van der Waals surface area contributed by atoms with Crippen molar-refractivity contribution in [2.45, 2.75) is 19.7 Å². The van der Waals surface area contributed by atoms with Gasteiger partial charge in [0.15, 0.2) is 0 Å². The highest BCUT2D eigenvalue weighted by molar-refractivity contribution is 5.59. The summed E-state index contributed by atoms with van der Waals surface area (Å²) < 4.78 is 42.5. The number of furan rings is 1. The van der Waals surface area contributed by atoms with Crippen LogP contribution >= 0.6 is 0 Å². The number of aliphatic hydroxyl groups is 1. The van der Waals surface area contributed by atoms with E-state index in [0.717, 1.165) is 12.1 Å². The fourth-order valence-corrected chi connectivity index (χ4v) is 1.64. The molecule has 18 heavy (non-hydrogen) atoms. The van der Waals surface area contributed by atoms with Crippen molar-refractivity contribution in [1.29, 1.82) is 0 Å². The van der Waals surface area contributed by atoms with Crippen LogP contribution in [0.3, 0.4) is 0 Å². The van der Waals surface area contributed by atoms with Crippen molar-refractivity contribution in [1.82, 2.24) is 0 Å². The number of alkyl halides is 3. The average Bonchev–Trinajstić information content (AvgIpc) is 2.69. The van der Waals surface area contributed by atoms with Gasteiger partial charge in [-0.05, 0) is 25.1 Å². The first-order chi connectivity index (χ1) is 8.41. The first-order valence-electron chi connectivity index (χ1n) is 5.29. The van der Waals surface area contributed by atoms with Gasteiger partial charge in [0.25, 0.3) is 0 Å². The Morgan fingerprint density at radius 3 is 2.22 bits per heavy atom. The van der Waals surface area contributed by atoms with Crippen LogP contribution in [0.15, 0.2) is 34.7 Å². The quantitative estimate of drug-likeness (QED) is 0.887. The zero-order valence-electron chi connectivity index (χ0n) is 9.58. The van der Waals surface area contributed by atoms with Crippen molar-refractivity contribution in [3.63, 3.8) is 0 Å². The molecule has 0 aliphatic carbocycles. The van der Waals surface area contributed by atoms with Crippen LogP contribution in [-0.4, -0.2) is 5.11 Å². The predicted octanol–water partition coefficient (Wildman–Crippen LogP) is 3.77. The van der Waals surface area contributed by atoms with Crippen LogP contribution in [0.2, 0.25) is 0 Å². The topological polar surface area (TPSA) is 33.4 Å². The molecule has 5 heteroatoms. The normalized spacial score (nSPS) is 11.8. The summed E-state index contributed by atoms with van der Waals surface area (Å²) >= 11 is 0. The highest BCUT2D eigenvalue weighted by Crippen LogP contribution is 2.32. The Bertz CT molecular complexity index is 538. The van der Waals surface area contributed by atoms with Crippen molar-refractivity contribution in [2.24, 2.45) is 0 Å². The van der Waals surface area contributed by atoms with Crippen molar-refractivity contribution in [3.05, 3.63) is 47.2 Å². The molecule has 0 saturated heterocycles. The summed E-state index contributed by atoms with van der Waals surface area (Å²) in [4.78, 5) is 0. The van der Waals surface area contributed by atoms with Crippen molar-refractivity contribution < 1.29 is 22.7 Å². The molecule has 0 saturated carbocycles. The SMILES string of the molecule is Cc1oc(-c2ccc(C(F)(F)F)cc2)cc1CO. The Hall–Kier alpha value is -1.75. The first kappa shape index (κ1) is 12.7. The fourth-order valence-electron chi connectivity index (χ4n) is 1.64. The lowest BCUT2D eigenvalue weighted by atomic mass is 10.1. The standard InChI is InChI=1S/C13H11F3O2/c1-8-10(7-17)6-12(18-8)9-2-4-11(5-3-9)13(14,15)16/h2-6,17H,7H2,1H3. The summed E-state index contributed by atoms with van der Waals surface area (Å²) in [6, 6.07) is 6.33. The molecule has 0 atom stereocenters. The molecule has 1 aromatic carbocycles. The summed E-state index contributed by atoms with van der Waals surface area (Å²) in [6.07, 6.45) is -4.34. The first-order valence-corrected chi connectivity index (χ1v) is 5.29. The van der Waals surface area contributed by atoms with E-state index in [1.165, 1.54) is 12.1 Å². The molecule has 1 N–H and O–H groups in total. The molecule has 0 fully saturated rings. The summed E-state index contributed by atoms with van der Waals surface area (Å²) in [5.74, 6) is 1.01. The molecule has 96 valence electrons. The third kappa shape index (κ3) is 2.41. The average molecular weight is 256 g/mol. The van der Waals surface area contributed by atoms with Crippen LogP contribution in [0.1, 0.15) is 16.9 Å². The van der Waals surface area contributed by atoms with Gasteiger partial charge >= 0.3 is 6.18 Å². The van der Waals surface area contributed by atoms with Gasteiger partial charge in [0.05, 0.1) is 12.2 Å². The Labute approximate surface area is 102 Å². The molecule has 0 aliphatic rings. The molecule has 0 unspecified atom stereocenters.